The summed E-state index contributed by atoms with van der Waals surface area (Å²) in [6.07, 6.45) is 1.85. The van der Waals surface area contributed by atoms with E-state index in [0.717, 1.165) is 23.2 Å². The number of hydrogen-bond donors (Lipinski definition) is 0. The van der Waals surface area contributed by atoms with Crippen LogP contribution in [0.25, 0.3) is 10.9 Å². The van der Waals surface area contributed by atoms with E-state index in [-0.39, 0.29) is 0 Å². The van der Waals surface area contributed by atoms with E-state index in [9.17, 15) is 0 Å². The zero-order valence-electron chi connectivity index (χ0n) is 11.0. The van der Waals surface area contributed by atoms with Crippen molar-refractivity contribution in [1.82, 2.24) is 9.78 Å². The molecule has 1 heterocycles. The number of benzene rings is 2. The summed E-state index contributed by atoms with van der Waals surface area (Å²) in [5, 5.41) is 5.48. The van der Waals surface area contributed by atoms with Crippen LogP contribution in [0, 0.1) is 0 Å². The van der Waals surface area contributed by atoms with E-state index in [1.165, 1.54) is 5.56 Å². The van der Waals surface area contributed by atoms with E-state index in [1.807, 2.05) is 41.2 Å². The fourth-order valence-electron chi connectivity index (χ4n) is 2.23. The van der Waals surface area contributed by atoms with Gasteiger partial charge in [0.1, 0.15) is 12.4 Å². The zero-order valence-corrected chi connectivity index (χ0v) is 11.8. The molecule has 1 aromatic heterocycles. The summed E-state index contributed by atoms with van der Waals surface area (Å²) in [5.74, 6) is 1.32. The van der Waals surface area contributed by atoms with Crippen LogP contribution in [-0.2, 0) is 6.54 Å². The standard InChI is InChI=1S/C16H15ClN2O/c17-9-10-20-16-8-4-7-15-14(16)11-18-19(15)12-13-5-2-1-3-6-13/h1-8,11H,9-10,12H2. The Kier molecular flexibility index (Phi) is 3.88. The van der Waals surface area contributed by atoms with Crippen molar-refractivity contribution in [2.75, 3.05) is 12.5 Å². The van der Waals surface area contributed by atoms with Crippen LogP contribution >= 0.6 is 11.6 Å². The molecule has 0 N–H and O–H groups in total. The molecule has 0 aliphatic carbocycles. The first-order valence-electron chi connectivity index (χ1n) is 6.56. The van der Waals surface area contributed by atoms with Gasteiger partial charge in [-0.3, -0.25) is 4.68 Å². The van der Waals surface area contributed by atoms with E-state index < -0.39 is 0 Å². The van der Waals surface area contributed by atoms with Crippen molar-refractivity contribution in [3.63, 3.8) is 0 Å². The first-order chi connectivity index (χ1) is 9.88. The summed E-state index contributed by atoms with van der Waals surface area (Å²) >= 11 is 5.67. The van der Waals surface area contributed by atoms with Crippen LogP contribution in [0.3, 0.4) is 0 Å². The molecular formula is C16H15ClN2O. The van der Waals surface area contributed by atoms with Gasteiger partial charge in [0.15, 0.2) is 0 Å². The summed E-state index contributed by atoms with van der Waals surface area (Å²) < 4.78 is 7.63. The largest absolute Gasteiger partial charge is 0.492 e. The minimum atomic E-state index is 0.481. The van der Waals surface area contributed by atoms with Crippen molar-refractivity contribution in [1.29, 1.82) is 0 Å². The maximum atomic E-state index is 5.67. The van der Waals surface area contributed by atoms with E-state index >= 15 is 0 Å². The van der Waals surface area contributed by atoms with Gasteiger partial charge in [-0.15, -0.1) is 11.6 Å². The molecule has 102 valence electrons. The molecule has 0 atom stereocenters. The third-order valence-corrected chi connectivity index (χ3v) is 3.31. The number of halogens is 1. The van der Waals surface area contributed by atoms with Crippen LogP contribution in [0.15, 0.2) is 54.7 Å². The van der Waals surface area contributed by atoms with Gasteiger partial charge in [-0.1, -0.05) is 36.4 Å². The second-order valence-corrected chi connectivity index (χ2v) is 4.89. The van der Waals surface area contributed by atoms with E-state index in [2.05, 4.69) is 23.3 Å². The molecular weight excluding hydrogens is 272 g/mol. The SMILES string of the molecule is ClCCOc1cccc2c1cnn2Cc1ccccc1. The highest BCUT2D eigenvalue weighted by atomic mass is 35.5. The first-order valence-corrected chi connectivity index (χ1v) is 7.09. The predicted octanol–water partition coefficient (Wildman–Crippen LogP) is 3.70. The lowest BCUT2D eigenvalue weighted by Crippen LogP contribution is -2.01. The Morgan fingerprint density at radius 3 is 2.70 bits per heavy atom. The Labute approximate surface area is 122 Å². The Hall–Kier alpha value is -2.00. The van der Waals surface area contributed by atoms with Gasteiger partial charge >= 0.3 is 0 Å². The molecule has 0 saturated heterocycles. The maximum absolute atomic E-state index is 5.67. The molecule has 3 rings (SSSR count). The highest BCUT2D eigenvalue weighted by Crippen LogP contribution is 2.25. The molecule has 2 aromatic carbocycles. The number of hydrogen-bond acceptors (Lipinski definition) is 2. The maximum Gasteiger partial charge on any atom is 0.130 e. The highest BCUT2D eigenvalue weighted by Gasteiger charge is 2.08. The molecule has 0 fully saturated rings. The van der Waals surface area contributed by atoms with Crippen molar-refractivity contribution in [3.05, 3.63) is 60.3 Å². The number of alkyl halides is 1. The van der Waals surface area contributed by atoms with E-state index in [0.29, 0.717) is 12.5 Å². The van der Waals surface area contributed by atoms with Gasteiger partial charge in [-0.05, 0) is 17.7 Å². The topological polar surface area (TPSA) is 27.1 Å². The monoisotopic (exact) mass is 286 g/mol. The molecule has 0 radical (unpaired) electrons. The molecule has 3 nitrogen and oxygen atoms in total. The molecule has 0 spiro atoms. The van der Waals surface area contributed by atoms with Crippen molar-refractivity contribution in [2.24, 2.45) is 0 Å². The average molecular weight is 287 g/mol. The lowest BCUT2D eigenvalue weighted by atomic mass is 10.2. The minimum absolute atomic E-state index is 0.481. The van der Waals surface area contributed by atoms with Crippen LogP contribution < -0.4 is 4.74 Å². The van der Waals surface area contributed by atoms with Gasteiger partial charge in [0.2, 0.25) is 0 Å². The van der Waals surface area contributed by atoms with Crippen molar-refractivity contribution < 1.29 is 4.74 Å². The zero-order chi connectivity index (χ0) is 13.8. The van der Waals surface area contributed by atoms with Crippen molar-refractivity contribution in [2.45, 2.75) is 6.54 Å². The number of nitrogens with zero attached hydrogens (tertiary/aromatic N) is 2. The quantitative estimate of drug-likeness (QED) is 0.669. The minimum Gasteiger partial charge on any atom is -0.492 e. The van der Waals surface area contributed by atoms with Gasteiger partial charge < -0.3 is 4.74 Å². The third kappa shape index (κ3) is 2.63. The lowest BCUT2D eigenvalue weighted by Gasteiger charge is -2.07. The lowest BCUT2D eigenvalue weighted by molar-refractivity contribution is 0.347. The highest BCUT2D eigenvalue weighted by molar-refractivity contribution is 6.18. The molecule has 0 aliphatic heterocycles. The molecule has 0 aliphatic rings. The number of fused-ring (bicyclic) bond motifs is 1. The van der Waals surface area contributed by atoms with Gasteiger partial charge in [-0.2, -0.15) is 5.10 Å². The predicted molar refractivity (Wildman–Crippen MR) is 81.5 cm³/mol. The van der Waals surface area contributed by atoms with Gasteiger partial charge in [0.05, 0.1) is 29.5 Å². The summed E-state index contributed by atoms with van der Waals surface area (Å²) in [4.78, 5) is 0. The Morgan fingerprint density at radius 1 is 1.05 bits per heavy atom. The number of rotatable bonds is 5. The molecule has 0 bridgehead atoms. The van der Waals surface area contributed by atoms with Crippen LogP contribution in [-0.4, -0.2) is 22.3 Å². The Bertz CT molecular complexity index is 694. The number of ether oxygens (including phenoxy) is 1. The van der Waals surface area contributed by atoms with Crippen molar-refractivity contribution >= 4 is 22.5 Å². The van der Waals surface area contributed by atoms with Crippen LogP contribution in [0.2, 0.25) is 0 Å². The fourth-order valence-corrected chi connectivity index (χ4v) is 2.31. The van der Waals surface area contributed by atoms with Crippen LogP contribution in [0.1, 0.15) is 5.56 Å². The first kappa shape index (κ1) is 13.0. The molecule has 0 saturated carbocycles. The summed E-state index contributed by atoms with van der Waals surface area (Å²) in [6, 6.07) is 16.3. The molecule has 0 unspecified atom stereocenters. The smallest absolute Gasteiger partial charge is 0.130 e. The summed E-state index contributed by atoms with van der Waals surface area (Å²) in [6.45, 7) is 1.26. The van der Waals surface area contributed by atoms with Crippen LogP contribution in [0.4, 0.5) is 0 Å². The second kappa shape index (κ2) is 5.97. The molecule has 4 heteroatoms. The van der Waals surface area contributed by atoms with Gasteiger partial charge in [0, 0.05) is 0 Å². The fraction of sp³-hybridized carbons (Fsp3) is 0.188. The average Bonchev–Trinajstić information content (AvgIpc) is 2.90. The van der Waals surface area contributed by atoms with Gasteiger partial charge in [-0.25, -0.2) is 0 Å². The normalized spacial score (nSPS) is 10.8. The Morgan fingerprint density at radius 2 is 1.90 bits per heavy atom. The summed E-state index contributed by atoms with van der Waals surface area (Å²) in [7, 11) is 0. The van der Waals surface area contributed by atoms with Crippen molar-refractivity contribution in [3.8, 4) is 5.75 Å². The van der Waals surface area contributed by atoms with E-state index in [1.54, 1.807) is 0 Å². The molecule has 0 amide bonds. The third-order valence-electron chi connectivity index (χ3n) is 3.16. The van der Waals surface area contributed by atoms with Crippen LogP contribution in [0.5, 0.6) is 5.75 Å². The Balaban J connectivity index is 1.93. The molecule has 20 heavy (non-hydrogen) atoms. The van der Waals surface area contributed by atoms with E-state index in [4.69, 9.17) is 16.3 Å². The second-order valence-electron chi connectivity index (χ2n) is 4.51. The van der Waals surface area contributed by atoms with Gasteiger partial charge in [0.25, 0.3) is 0 Å². The molecule has 3 aromatic rings. The number of aromatic nitrogens is 2. The summed E-state index contributed by atoms with van der Waals surface area (Å²) in [5.41, 5.74) is 2.30.